The molecule has 1 atom stereocenters. The number of halogens is 1. The molecule has 1 N–H and O–H groups in total. The fraction of sp³-hybridized carbons (Fsp3) is 0.571. The number of thioether (sulfide) groups is 1. The van der Waals surface area contributed by atoms with Gasteiger partial charge in [0.05, 0.1) is 29.2 Å². The van der Waals surface area contributed by atoms with E-state index in [0.29, 0.717) is 17.5 Å². The number of ether oxygens (including phenoxy) is 1. The van der Waals surface area contributed by atoms with Crippen LogP contribution in [-0.2, 0) is 17.6 Å². The minimum atomic E-state index is -0.118. The lowest BCUT2D eigenvalue weighted by molar-refractivity contribution is -0.122. The number of carbonyl (C=O) groups is 1. The minimum absolute atomic E-state index is 0.00347. The van der Waals surface area contributed by atoms with Crippen LogP contribution in [0.15, 0.2) is 22.3 Å². The Kier molecular flexibility index (Phi) is 5.88. The number of aryl methyl sites for hydroxylation is 1. The molecule has 2 aromatic heterocycles. The molecule has 1 amide bonds. The van der Waals surface area contributed by atoms with Crippen molar-refractivity contribution in [3.05, 3.63) is 39.0 Å². The number of aromatic nitrogens is 4. The topological polar surface area (TPSA) is 99.0 Å². The fourth-order valence-electron chi connectivity index (χ4n) is 4.64. The normalized spacial score (nSPS) is 24.5. The number of nitrogens with zero attached hydrogens (tertiary/aromatic N) is 4. The van der Waals surface area contributed by atoms with Gasteiger partial charge in [-0.25, -0.2) is 15.0 Å². The Balaban J connectivity index is 1.13. The van der Waals surface area contributed by atoms with Gasteiger partial charge in [0.25, 0.3) is 5.56 Å². The summed E-state index contributed by atoms with van der Waals surface area (Å²) in [6.07, 6.45) is 9.42. The highest BCUT2D eigenvalue weighted by molar-refractivity contribution is 7.99. The monoisotopic (exact) mass is 461 g/mol. The first-order valence-electron chi connectivity index (χ1n) is 10.8. The number of hydrogen-bond donors (Lipinski definition) is 1. The number of hydrogen-bond acceptors (Lipinski definition) is 7. The number of fused-ring (bicyclic) bond motifs is 2. The summed E-state index contributed by atoms with van der Waals surface area (Å²) in [5.41, 5.74) is 1.86. The summed E-state index contributed by atoms with van der Waals surface area (Å²) in [4.78, 5) is 38.4. The Morgan fingerprint density at radius 3 is 2.77 bits per heavy atom. The van der Waals surface area contributed by atoms with Crippen LogP contribution in [0.5, 0.6) is 6.01 Å². The molecule has 0 aromatic carbocycles. The van der Waals surface area contributed by atoms with Crippen LogP contribution >= 0.6 is 23.4 Å². The Morgan fingerprint density at radius 1 is 1.23 bits per heavy atom. The van der Waals surface area contributed by atoms with Crippen molar-refractivity contribution in [3.8, 4) is 6.01 Å². The van der Waals surface area contributed by atoms with Crippen LogP contribution in [0.2, 0.25) is 5.02 Å². The first-order chi connectivity index (χ1) is 15.1. The molecule has 3 aliphatic rings. The van der Waals surface area contributed by atoms with Gasteiger partial charge in [-0.3, -0.25) is 14.2 Å². The summed E-state index contributed by atoms with van der Waals surface area (Å²) in [5, 5.41) is 4.40. The molecule has 0 spiro atoms. The van der Waals surface area contributed by atoms with E-state index in [-0.39, 0.29) is 29.7 Å². The predicted octanol–water partition coefficient (Wildman–Crippen LogP) is 2.72. The van der Waals surface area contributed by atoms with Crippen LogP contribution in [0, 0.1) is 0 Å². The van der Waals surface area contributed by atoms with Crippen molar-refractivity contribution in [2.75, 3.05) is 5.75 Å². The van der Waals surface area contributed by atoms with E-state index in [2.05, 4.69) is 20.3 Å². The molecular weight excluding hydrogens is 438 g/mol. The molecule has 164 valence electrons. The molecule has 1 saturated carbocycles. The molecule has 2 aliphatic carbocycles. The third kappa shape index (κ3) is 4.43. The third-order valence-electron chi connectivity index (χ3n) is 6.20. The molecule has 1 aliphatic heterocycles. The van der Waals surface area contributed by atoms with Crippen molar-refractivity contribution in [1.82, 2.24) is 24.8 Å². The molecule has 0 radical (unpaired) electrons. The van der Waals surface area contributed by atoms with Crippen LogP contribution in [-0.4, -0.2) is 43.3 Å². The average Bonchev–Trinajstić information content (AvgIpc) is 3.39. The van der Waals surface area contributed by atoms with Crippen molar-refractivity contribution in [1.29, 1.82) is 0 Å². The van der Waals surface area contributed by atoms with Crippen LogP contribution in [0.25, 0.3) is 0 Å². The molecule has 1 unspecified atom stereocenters. The number of rotatable bonds is 5. The van der Waals surface area contributed by atoms with E-state index >= 15 is 0 Å². The van der Waals surface area contributed by atoms with E-state index in [1.807, 2.05) is 0 Å². The smallest absolute Gasteiger partial charge is 0.316 e. The van der Waals surface area contributed by atoms with Gasteiger partial charge in [0.1, 0.15) is 6.10 Å². The van der Waals surface area contributed by atoms with Crippen LogP contribution < -0.4 is 15.6 Å². The highest BCUT2D eigenvalue weighted by Gasteiger charge is 2.32. The maximum atomic E-state index is 12.9. The lowest BCUT2D eigenvalue weighted by Gasteiger charge is -2.29. The quantitative estimate of drug-likeness (QED) is 0.683. The van der Waals surface area contributed by atoms with Crippen LogP contribution in [0.1, 0.15) is 55.8 Å². The van der Waals surface area contributed by atoms with Gasteiger partial charge in [-0.05, 0) is 44.9 Å². The van der Waals surface area contributed by atoms with Crippen molar-refractivity contribution in [2.45, 2.75) is 74.7 Å². The standard InChI is InChI=1S/C21H24ClN5O3S/c22-12-9-23-20(24-10-12)30-15-6-4-13(5-7-15)25-18(28)8-14-11-31-21-26-17-3-1-2-16(17)19(29)27(14)21/h9-10,13-15H,1-8,11H2,(H,25,28). The Labute approximate surface area is 189 Å². The van der Waals surface area contributed by atoms with Gasteiger partial charge in [0, 0.05) is 23.8 Å². The molecule has 0 bridgehead atoms. The Morgan fingerprint density at radius 2 is 2.00 bits per heavy atom. The maximum Gasteiger partial charge on any atom is 0.316 e. The summed E-state index contributed by atoms with van der Waals surface area (Å²) in [5.74, 6) is 0.719. The maximum absolute atomic E-state index is 12.9. The van der Waals surface area contributed by atoms with Gasteiger partial charge in [0.2, 0.25) is 5.91 Å². The lowest BCUT2D eigenvalue weighted by atomic mass is 9.93. The zero-order chi connectivity index (χ0) is 21.4. The summed E-state index contributed by atoms with van der Waals surface area (Å²) in [7, 11) is 0. The predicted molar refractivity (Wildman–Crippen MR) is 117 cm³/mol. The van der Waals surface area contributed by atoms with Crippen LogP contribution in [0.3, 0.4) is 0 Å². The fourth-order valence-corrected chi connectivity index (χ4v) is 5.89. The average molecular weight is 462 g/mol. The highest BCUT2D eigenvalue weighted by atomic mass is 35.5. The van der Waals surface area contributed by atoms with Gasteiger partial charge < -0.3 is 10.1 Å². The van der Waals surface area contributed by atoms with E-state index in [1.54, 1.807) is 16.3 Å². The SMILES string of the molecule is O=C(CC1CSc2nc3c(c(=O)n21)CCC3)NC1CCC(Oc2ncc(Cl)cn2)CC1. The van der Waals surface area contributed by atoms with Crippen molar-refractivity contribution >= 4 is 29.3 Å². The molecular formula is C21H24ClN5O3S. The van der Waals surface area contributed by atoms with E-state index in [4.69, 9.17) is 16.3 Å². The number of amides is 1. The van der Waals surface area contributed by atoms with E-state index in [9.17, 15) is 9.59 Å². The van der Waals surface area contributed by atoms with Gasteiger partial charge in [-0.1, -0.05) is 23.4 Å². The number of carbonyl (C=O) groups excluding carboxylic acids is 1. The molecule has 10 heteroatoms. The highest BCUT2D eigenvalue weighted by Crippen LogP contribution is 2.34. The second-order valence-electron chi connectivity index (χ2n) is 8.36. The summed E-state index contributed by atoms with van der Waals surface area (Å²) in [6.45, 7) is 0. The summed E-state index contributed by atoms with van der Waals surface area (Å²) >= 11 is 7.38. The molecule has 2 aromatic rings. The van der Waals surface area contributed by atoms with Gasteiger partial charge in [-0.2, -0.15) is 0 Å². The lowest BCUT2D eigenvalue weighted by Crippen LogP contribution is -2.41. The Hall–Kier alpha value is -2.13. The molecule has 3 heterocycles. The number of nitrogens with one attached hydrogen (secondary N) is 1. The first kappa shape index (κ1) is 20.8. The summed E-state index contributed by atoms with van der Waals surface area (Å²) in [6, 6.07) is 0.342. The molecule has 1 fully saturated rings. The second-order valence-corrected chi connectivity index (χ2v) is 9.78. The van der Waals surface area contributed by atoms with Gasteiger partial charge in [0.15, 0.2) is 5.16 Å². The molecule has 8 nitrogen and oxygen atoms in total. The van der Waals surface area contributed by atoms with Gasteiger partial charge >= 0.3 is 6.01 Å². The van der Waals surface area contributed by atoms with Crippen LogP contribution in [0.4, 0.5) is 0 Å². The molecule has 31 heavy (non-hydrogen) atoms. The van der Waals surface area contributed by atoms with E-state index in [1.165, 1.54) is 12.4 Å². The van der Waals surface area contributed by atoms with Crippen molar-refractivity contribution in [2.24, 2.45) is 0 Å². The van der Waals surface area contributed by atoms with E-state index in [0.717, 1.165) is 67.1 Å². The summed E-state index contributed by atoms with van der Waals surface area (Å²) < 4.78 is 7.57. The Bertz CT molecular complexity index is 1040. The zero-order valence-corrected chi connectivity index (χ0v) is 18.6. The van der Waals surface area contributed by atoms with Crippen molar-refractivity contribution < 1.29 is 9.53 Å². The third-order valence-corrected chi connectivity index (χ3v) is 7.49. The minimum Gasteiger partial charge on any atom is -0.460 e. The first-order valence-corrected chi connectivity index (χ1v) is 12.1. The second kappa shape index (κ2) is 8.78. The van der Waals surface area contributed by atoms with E-state index < -0.39 is 0 Å². The largest absolute Gasteiger partial charge is 0.460 e. The molecule has 5 rings (SSSR count). The molecule has 0 saturated heterocycles. The van der Waals surface area contributed by atoms with Gasteiger partial charge in [-0.15, -0.1) is 0 Å². The van der Waals surface area contributed by atoms with Crippen molar-refractivity contribution in [3.63, 3.8) is 0 Å². The zero-order valence-electron chi connectivity index (χ0n) is 17.1.